The highest BCUT2D eigenvalue weighted by Crippen LogP contribution is 2.33. The van der Waals surface area contributed by atoms with E-state index in [-0.39, 0.29) is 0 Å². The zero-order valence-corrected chi connectivity index (χ0v) is 18.0. The lowest BCUT2D eigenvalue weighted by Gasteiger charge is -2.42. The van der Waals surface area contributed by atoms with Crippen molar-refractivity contribution in [3.05, 3.63) is 10.4 Å². The van der Waals surface area contributed by atoms with Crippen LogP contribution in [0, 0.1) is 0 Å². The Morgan fingerprint density at radius 1 is 1.17 bits per heavy atom. The lowest BCUT2D eigenvalue weighted by atomic mass is 10.0. The van der Waals surface area contributed by atoms with Gasteiger partial charge in [-0.2, -0.15) is 0 Å². The maximum atomic E-state index is 11.8. The third-order valence-electron chi connectivity index (χ3n) is 3.74. The van der Waals surface area contributed by atoms with Gasteiger partial charge in [0.25, 0.3) is 0 Å². The van der Waals surface area contributed by atoms with Crippen molar-refractivity contribution in [3.8, 4) is 0 Å². The monoisotopic (exact) mass is 529 g/mol. The minimum absolute atomic E-state index is 0.742. The molecule has 0 aliphatic carbocycles. The summed E-state index contributed by atoms with van der Waals surface area (Å²) in [5, 5.41) is 12.8. The van der Waals surface area contributed by atoms with Crippen LogP contribution in [0.15, 0.2) is 5.11 Å². The Morgan fingerprint density at radius 2 is 1.72 bits per heavy atom. The highest BCUT2D eigenvalue weighted by atomic mass is 127. The van der Waals surface area contributed by atoms with Crippen LogP contribution >= 0.6 is 22.6 Å². The summed E-state index contributed by atoms with van der Waals surface area (Å²) in [5.74, 6) is -3.90. The van der Waals surface area contributed by atoms with Crippen LogP contribution in [-0.2, 0) is 42.9 Å². The molecule has 0 spiro atoms. The third kappa shape index (κ3) is 6.69. The summed E-state index contributed by atoms with van der Waals surface area (Å²) in [6.45, 7) is 3.56. The summed E-state index contributed by atoms with van der Waals surface area (Å²) in [6.07, 6.45) is -6.77. The van der Waals surface area contributed by atoms with Crippen LogP contribution in [0.25, 0.3) is 10.4 Å². The van der Waals surface area contributed by atoms with Crippen LogP contribution in [0.2, 0.25) is 0 Å². The first kappa shape index (κ1) is 24.9. The summed E-state index contributed by atoms with van der Waals surface area (Å²) in [6, 6.07) is -1.38. The minimum atomic E-state index is -1.72. The molecule has 0 amide bonds. The molecule has 29 heavy (non-hydrogen) atoms. The number of methoxy groups -OCH3 is 1. The number of rotatable bonds is 8. The molecular weight excluding hydrogens is 509 g/mol. The number of carbonyl (C=O) groups is 4. The van der Waals surface area contributed by atoms with Crippen LogP contribution in [0.3, 0.4) is 0 Å². The maximum absolute atomic E-state index is 11.8. The highest BCUT2D eigenvalue weighted by Gasteiger charge is 2.53. The molecule has 0 saturated carbocycles. The lowest BCUT2D eigenvalue weighted by molar-refractivity contribution is -0.263. The van der Waals surface area contributed by atoms with Crippen molar-refractivity contribution >= 4 is 46.5 Å². The van der Waals surface area contributed by atoms with Gasteiger partial charge in [-0.1, -0.05) is 27.7 Å². The largest absolute Gasteiger partial charge is 0.479 e. The van der Waals surface area contributed by atoms with E-state index in [0.29, 0.717) is 0 Å². The number of ether oxygens (including phenoxy) is 5. The fourth-order valence-corrected chi connectivity index (χ4v) is 3.45. The SMILES string of the molecule is COC(=O)[C@@H](N=[N+]=[N-])[C@@H](C)O[C@@H]1O[C@H](C(=O)O)[C@@H](OC(C)=O)[C@H](OC(C)=O)[C@H]1I. The van der Waals surface area contributed by atoms with E-state index in [0.717, 1.165) is 21.0 Å². The molecule has 1 aliphatic heterocycles. The molecule has 1 aliphatic rings. The zero-order chi connectivity index (χ0) is 22.3. The number of nitrogens with zero attached hydrogens (tertiary/aromatic N) is 3. The van der Waals surface area contributed by atoms with Crippen molar-refractivity contribution in [2.45, 2.75) is 61.4 Å². The van der Waals surface area contributed by atoms with E-state index < -0.39 is 64.5 Å². The molecule has 1 rings (SSSR count). The van der Waals surface area contributed by atoms with Crippen molar-refractivity contribution in [1.29, 1.82) is 0 Å². The molecule has 0 aromatic rings. The van der Waals surface area contributed by atoms with Gasteiger partial charge in [0.2, 0.25) is 0 Å². The second-order valence-corrected chi connectivity index (χ2v) is 7.31. The van der Waals surface area contributed by atoms with Gasteiger partial charge >= 0.3 is 23.9 Å². The van der Waals surface area contributed by atoms with Crippen molar-refractivity contribution in [2.75, 3.05) is 7.11 Å². The molecule has 1 fully saturated rings. The summed E-state index contributed by atoms with van der Waals surface area (Å²) in [7, 11) is 1.09. The summed E-state index contributed by atoms with van der Waals surface area (Å²) < 4.78 is 24.9. The van der Waals surface area contributed by atoms with E-state index in [1.165, 1.54) is 6.92 Å². The number of aliphatic carboxylic acids is 1. The van der Waals surface area contributed by atoms with Gasteiger partial charge in [-0.25, -0.2) is 4.79 Å². The minimum Gasteiger partial charge on any atom is -0.479 e. The van der Waals surface area contributed by atoms with Gasteiger partial charge in [0.1, 0.15) is 3.92 Å². The molecule has 1 heterocycles. The van der Waals surface area contributed by atoms with Crippen LogP contribution in [0.1, 0.15) is 20.8 Å². The van der Waals surface area contributed by atoms with E-state index in [4.69, 9.17) is 24.5 Å². The van der Waals surface area contributed by atoms with Crippen LogP contribution in [-0.4, -0.2) is 76.8 Å². The van der Waals surface area contributed by atoms with Gasteiger partial charge in [-0.15, -0.1) is 0 Å². The predicted molar refractivity (Wildman–Crippen MR) is 101 cm³/mol. The molecule has 162 valence electrons. The topological polar surface area (TPSA) is 183 Å². The fraction of sp³-hybridized carbons (Fsp3) is 0.733. The zero-order valence-electron chi connectivity index (χ0n) is 15.9. The number of halogens is 1. The Kier molecular flexibility index (Phi) is 9.55. The van der Waals surface area contributed by atoms with E-state index in [1.54, 1.807) is 22.6 Å². The summed E-state index contributed by atoms with van der Waals surface area (Å²) in [4.78, 5) is 48.9. The second-order valence-electron chi connectivity index (χ2n) is 5.87. The summed E-state index contributed by atoms with van der Waals surface area (Å²) >= 11 is 1.78. The Hall–Kier alpha value is -2.16. The quantitative estimate of drug-likeness (QED) is 0.0894. The Labute approximate surface area is 178 Å². The van der Waals surface area contributed by atoms with Gasteiger partial charge in [-0.3, -0.25) is 14.4 Å². The number of carbonyl (C=O) groups excluding carboxylic acids is 3. The van der Waals surface area contributed by atoms with E-state index in [9.17, 15) is 24.3 Å². The Morgan fingerprint density at radius 3 is 2.17 bits per heavy atom. The average molecular weight is 529 g/mol. The number of alkyl halides is 1. The highest BCUT2D eigenvalue weighted by molar-refractivity contribution is 14.1. The van der Waals surface area contributed by atoms with Gasteiger partial charge in [-0.05, 0) is 12.5 Å². The van der Waals surface area contributed by atoms with Crippen LogP contribution < -0.4 is 0 Å². The fourth-order valence-electron chi connectivity index (χ4n) is 2.55. The van der Waals surface area contributed by atoms with Crippen molar-refractivity contribution in [3.63, 3.8) is 0 Å². The van der Waals surface area contributed by atoms with Crippen molar-refractivity contribution in [1.82, 2.24) is 0 Å². The third-order valence-corrected chi connectivity index (χ3v) is 5.03. The van der Waals surface area contributed by atoms with Gasteiger partial charge in [0.15, 0.2) is 30.6 Å². The number of azide groups is 1. The molecule has 0 radical (unpaired) electrons. The predicted octanol–water partition coefficient (Wildman–Crippen LogP) is 0.720. The molecule has 7 atom stereocenters. The first-order valence-electron chi connectivity index (χ1n) is 8.17. The van der Waals surface area contributed by atoms with Crippen molar-refractivity contribution < 1.29 is 48.0 Å². The number of hydrogen-bond acceptors (Lipinski definition) is 10. The summed E-state index contributed by atoms with van der Waals surface area (Å²) in [5.41, 5.74) is 8.64. The van der Waals surface area contributed by atoms with Crippen LogP contribution in [0.5, 0.6) is 0 Å². The van der Waals surface area contributed by atoms with E-state index in [2.05, 4.69) is 14.8 Å². The number of hydrogen-bond donors (Lipinski definition) is 1. The average Bonchev–Trinajstić information content (AvgIpc) is 2.63. The molecule has 13 nitrogen and oxygen atoms in total. The molecule has 0 aromatic heterocycles. The molecular formula is C15H20IN3O10. The molecule has 0 aromatic carbocycles. The number of esters is 3. The first-order chi connectivity index (χ1) is 13.5. The normalized spacial score (nSPS) is 28.2. The number of carboxylic acids is 1. The van der Waals surface area contributed by atoms with Crippen molar-refractivity contribution in [2.24, 2.45) is 5.11 Å². The van der Waals surface area contributed by atoms with E-state index in [1.807, 2.05) is 0 Å². The molecule has 0 bridgehead atoms. The molecule has 1 saturated heterocycles. The van der Waals surface area contributed by atoms with E-state index >= 15 is 0 Å². The Bertz CT molecular complexity index is 698. The molecule has 14 heteroatoms. The number of carboxylic acid groups (broad SMARTS) is 1. The first-order valence-corrected chi connectivity index (χ1v) is 9.42. The molecule has 0 unspecified atom stereocenters. The Balaban J connectivity index is 3.19. The van der Waals surface area contributed by atoms with Gasteiger partial charge < -0.3 is 28.8 Å². The van der Waals surface area contributed by atoms with Crippen LogP contribution in [0.4, 0.5) is 0 Å². The standard InChI is InChI=1S/C15H20IN3O10/c1-5(9(18-19-17)14(24)25-4)26-15-8(16)10(27-6(2)20)11(28-7(3)21)12(29-15)13(22)23/h5,8-12,15H,1-4H3,(H,22,23)/t5-,8-,9+,10-,11+,12+,15-/m1/s1. The lowest BCUT2D eigenvalue weighted by Crippen LogP contribution is -2.61. The second kappa shape index (κ2) is 11.1. The van der Waals surface area contributed by atoms with Gasteiger partial charge in [0, 0.05) is 18.8 Å². The van der Waals surface area contributed by atoms with Gasteiger partial charge in [0.05, 0.1) is 13.2 Å². The smallest absolute Gasteiger partial charge is 0.337 e. The maximum Gasteiger partial charge on any atom is 0.337 e. The molecule has 1 N–H and O–H groups in total.